The van der Waals surface area contributed by atoms with Crippen LogP contribution in [0.1, 0.15) is 23.0 Å². The van der Waals surface area contributed by atoms with Gasteiger partial charge in [0.2, 0.25) is 5.91 Å². The molecule has 0 aliphatic rings. The van der Waals surface area contributed by atoms with E-state index in [1.54, 1.807) is 24.4 Å². The van der Waals surface area contributed by atoms with E-state index in [1.807, 2.05) is 12.1 Å². The predicted octanol–water partition coefficient (Wildman–Crippen LogP) is 2.67. The predicted molar refractivity (Wildman–Crippen MR) is 80.4 cm³/mol. The summed E-state index contributed by atoms with van der Waals surface area (Å²) in [7, 11) is 0. The zero-order valence-electron chi connectivity index (χ0n) is 10.9. The fourth-order valence-corrected chi connectivity index (χ4v) is 2.03. The molecule has 0 unspecified atom stereocenters. The van der Waals surface area contributed by atoms with Gasteiger partial charge in [-0.2, -0.15) is 0 Å². The van der Waals surface area contributed by atoms with Gasteiger partial charge in [0, 0.05) is 29.8 Å². The number of aromatic nitrogens is 1. The molecule has 1 aromatic carbocycles. The summed E-state index contributed by atoms with van der Waals surface area (Å²) in [5.41, 5.74) is 2.20. The number of carbonyl (C=O) groups excluding carboxylic acids is 2. The van der Waals surface area contributed by atoms with Gasteiger partial charge < -0.3 is 15.6 Å². The molecular formula is C14H14BrN3O2. The van der Waals surface area contributed by atoms with Crippen LogP contribution in [0.3, 0.4) is 0 Å². The molecule has 0 atom stereocenters. The van der Waals surface area contributed by atoms with Crippen molar-refractivity contribution in [1.29, 1.82) is 0 Å². The molecule has 5 nitrogen and oxygen atoms in total. The maximum atomic E-state index is 11.8. The fraction of sp³-hybridized carbons (Fsp3) is 0.143. The van der Waals surface area contributed by atoms with Crippen molar-refractivity contribution >= 4 is 33.4 Å². The van der Waals surface area contributed by atoms with Gasteiger partial charge >= 0.3 is 0 Å². The molecule has 0 spiro atoms. The minimum atomic E-state index is -0.165. The summed E-state index contributed by atoms with van der Waals surface area (Å²) < 4.78 is 0.835. The van der Waals surface area contributed by atoms with E-state index in [2.05, 4.69) is 31.5 Å². The Bertz CT molecular complexity index is 620. The van der Waals surface area contributed by atoms with Crippen LogP contribution in [0.5, 0.6) is 0 Å². The van der Waals surface area contributed by atoms with E-state index in [9.17, 15) is 9.59 Å². The van der Waals surface area contributed by atoms with Crippen LogP contribution in [0.2, 0.25) is 0 Å². The molecule has 2 rings (SSSR count). The molecule has 1 aromatic heterocycles. The van der Waals surface area contributed by atoms with Crippen molar-refractivity contribution in [3.8, 4) is 0 Å². The number of H-pyrrole nitrogens is 1. The number of amides is 2. The maximum Gasteiger partial charge on any atom is 0.267 e. The first-order valence-electron chi connectivity index (χ1n) is 6.03. The highest BCUT2D eigenvalue weighted by Gasteiger charge is 2.07. The topological polar surface area (TPSA) is 74.0 Å². The number of aromatic amines is 1. The molecule has 0 fully saturated rings. The Morgan fingerprint density at radius 3 is 2.50 bits per heavy atom. The molecule has 0 bridgehead atoms. The lowest BCUT2D eigenvalue weighted by molar-refractivity contribution is -0.114. The second-order valence-corrected chi connectivity index (χ2v) is 5.21. The van der Waals surface area contributed by atoms with Gasteiger partial charge in [-0.3, -0.25) is 9.59 Å². The van der Waals surface area contributed by atoms with Crippen molar-refractivity contribution in [2.24, 2.45) is 0 Å². The van der Waals surface area contributed by atoms with E-state index in [0.717, 1.165) is 15.7 Å². The first-order valence-corrected chi connectivity index (χ1v) is 6.82. The van der Waals surface area contributed by atoms with Crippen molar-refractivity contribution in [2.75, 3.05) is 5.32 Å². The molecule has 6 heteroatoms. The first-order chi connectivity index (χ1) is 9.54. The Balaban J connectivity index is 1.90. The lowest BCUT2D eigenvalue weighted by Gasteiger charge is -2.06. The normalized spacial score (nSPS) is 10.1. The third-order valence-corrected chi connectivity index (χ3v) is 3.08. The average Bonchev–Trinajstić information content (AvgIpc) is 2.84. The van der Waals surface area contributed by atoms with E-state index in [1.165, 1.54) is 6.92 Å². The highest BCUT2D eigenvalue weighted by atomic mass is 79.9. The Labute approximate surface area is 124 Å². The number of anilines is 1. The monoisotopic (exact) mass is 335 g/mol. The number of hydrogen-bond donors (Lipinski definition) is 3. The number of benzene rings is 1. The van der Waals surface area contributed by atoms with Crippen LogP contribution in [0.4, 0.5) is 5.69 Å². The summed E-state index contributed by atoms with van der Waals surface area (Å²) in [6.07, 6.45) is 1.71. The van der Waals surface area contributed by atoms with Gasteiger partial charge in [-0.25, -0.2) is 0 Å². The molecule has 2 amide bonds. The van der Waals surface area contributed by atoms with Crippen LogP contribution >= 0.6 is 15.9 Å². The van der Waals surface area contributed by atoms with Crippen molar-refractivity contribution in [3.05, 3.63) is 52.3 Å². The van der Waals surface area contributed by atoms with Crippen molar-refractivity contribution in [3.63, 3.8) is 0 Å². The van der Waals surface area contributed by atoms with Gasteiger partial charge in [-0.05, 0) is 39.7 Å². The van der Waals surface area contributed by atoms with E-state index >= 15 is 0 Å². The van der Waals surface area contributed by atoms with Gasteiger partial charge in [-0.1, -0.05) is 12.1 Å². The molecule has 0 saturated heterocycles. The van der Waals surface area contributed by atoms with E-state index in [4.69, 9.17) is 0 Å². The number of hydrogen-bond acceptors (Lipinski definition) is 2. The molecule has 3 N–H and O–H groups in total. The largest absolute Gasteiger partial charge is 0.356 e. The van der Waals surface area contributed by atoms with Gasteiger partial charge in [0.05, 0.1) is 0 Å². The van der Waals surface area contributed by atoms with Crippen LogP contribution in [0.25, 0.3) is 0 Å². The van der Waals surface area contributed by atoms with Crippen molar-refractivity contribution in [1.82, 2.24) is 10.3 Å². The average molecular weight is 336 g/mol. The quantitative estimate of drug-likeness (QED) is 0.803. The molecular weight excluding hydrogens is 322 g/mol. The number of rotatable bonds is 4. The standard InChI is InChI=1S/C14H14BrN3O2/c1-9(19)18-12-4-2-10(3-5-12)7-17-14(20)13-6-11(15)8-16-13/h2-6,8,16H,7H2,1H3,(H,17,20)(H,18,19). The molecule has 0 saturated carbocycles. The molecule has 0 radical (unpaired) electrons. The minimum Gasteiger partial charge on any atom is -0.356 e. The molecule has 20 heavy (non-hydrogen) atoms. The van der Waals surface area contributed by atoms with Crippen LogP contribution in [-0.4, -0.2) is 16.8 Å². The summed E-state index contributed by atoms with van der Waals surface area (Å²) in [4.78, 5) is 25.6. The zero-order chi connectivity index (χ0) is 14.5. The molecule has 2 aromatic rings. The summed E-state index contributed by atoms with van der Waals surface area (Å²) in [6.45, 7) is 1.89. The minimum absolute atomic E-state index is 0.108. The third-order valence-electron chi connectivity index (χ3n) is 2.62. The number of carbonyl (C=O) groups is 2. The molecule has 104 valence electrons. The first kappa shape index (κ1) is 14.3. The van der Waals surface area contributed by atoms with E-state index < -0.39 is 0 Å². The highest BCUT2D eigenvalue weighted by molar-refractivity contribution is 9.10. The van der Waals surface area contributed by atoms with Gasteiger partial charge in [0.15, 0.2) is 0 Å². The summed E-state index contributed by atoms with van der Waals surface area (Å²) in [5, 5.41) is 5.50. The highest BCUT2D eigenvalue weighted by Crippen LogP contribution is 2.11. The maximum absolute atomic E-state index is 11.8. The third kappa shape index (κ3) is 3.96. The smallest absolute Gasteiger partial charge is 0.267 e. The number of nitrogens with one attached hydrogen (secondary N) is 3. The molecule has 0 aliphatic carbocycles. The van der Waals surface area contributed by atoms with Crippen LogP contribution in [-0.2, 0) is 11.3 Å². The summed E-state index contributed by atoms with van der Waals surface area (Å²) in [6, 6.07) is 9.03. The number of halogens is 1. The van der Waals surface area contributed by atoms with Gasteiger partial charge in [0.1, 0.15) is 5.69 Å². The van der Waals surface area contributed by atoms with E-state index in [0.29, 0.717) is 12.2 Å². The molecule has 1 heterocycles. The second-order valence-electron chi connectivity index (χ2n) is 4.29. The lowest BCUT2D eigenvalue weighted by atomic mass is 10.2. The van der Waals surface area contributed by atoms with Gasteiger partial charge in [0.25, 0.3) is 5.91 Å². The summed E-state index contributed by atoms with van der Waals surface area (Å²) >= 11 is 3.28. The Morgan fingerprint density at radius 2 is 1.95 bits per heavy atom. The second kappa shape index (κ2) is 6.38. The van der Waals surface area contributed by atoms with Crippen molar-refractivity contribution < 1.29 is 9.59 Å². The van der Waals surface area contributed by atoms with Gasteiger partial charge in [-0.15, -0.1) is 0 Å². The summed E-state index contributed by atoms with van der Waals surface area (Å²) in [5.74, 6) is -0.273. The van der Waals surface area contributed by atoms with Crippen LogP contribution in [0.15, 0.2) is 41.0 Å². The van der Waals surface area contributed by atoms with Crippen LogP contribution in [0, 0.1) is 0 Å². The Hall–Kier alpha value is -2.08. The van der Waals surface area contributed by atoms with Crippen molar-refractivity contribution in [2.45, 2.75) is 13.5 Å². The SMILES string of the molecule is CC(=O)Nc1ccc(CNC(=O)c2cc(Br)c[nH]2)cc1. The lowest BCUT2D eigenvalue weighted by Crippen LogP contribution is -2.23. The zero-order valence-corrected chi connectivity index (χ0v) is 12.5. The molecule has 0 aliphatic heterocycles. The van der Waals surface area contributed by atoms with Crippen LogP contribution < -0.4 is 10.6 Å². The Morgan fingerprint density at radius 1 is 1.25 bits per heavy atom. The fourth-order valence-electron chi connectivity index (χ4n) is 1.69. The Kier molecular flexibility index (Phi) is 4.57. The van der Waals surface area contributed by atoms with E-state index in [-0.39, 0.29) is 11.8 Å².